The number of rotatable bonds is 4. The van der Waals surface area contributed by atoms with Gasteiger partial charge < -0.3 is 14.7 Å². The Kier molecular flexibility index (Phi) is 4.62. The van der Waals surface area contributed by atoms with E-state index in [1.54, 1.807) is 17.0 Å². The predicted molar refractivity (Wildman–Crippen MR) is 80.0 cm³/mol. The smallest absolute Gasteiger partial charge is 0.223 e. The van der Waals surface area contributed by atoms with Gasteiger partial charge in [0.1, 0.15) is 23.8 Å². The second kappa shape index (κ2) is 6.65. The van der Waals surface area contributed by atoms with Crippen molar-refractivity contribution in [3.05, 3.63) is 30.1 Å². The lowest BCUT2D eigenvalue weighted by atomic mass is 10.0. The lowest BCUT2D eigenvalue weighted by molar-refractivity contribution is -0.131. The maximum Gasteiger partial charge on any atom is 0.223 e. The minimum atomic E-state index is -0.726. The fourth-order valence-electron chi connectivity index (χ4n) is 3.38. The van der Waals surface area contributed by atoms with Crippen molar-refractivity contribution in [3.8, 4) is 5.75 Å². The topological polar surface area (TPSA) is 49.8 Å². The normalized spacial score (nSPS) is 25.6. The summed E-state index contributed by atoms with van der Waals surface area (Å²) in [6.45, 7) is 0.661. The third-order valence-corrected chi connectivity index (χ3v) is 4.61. The van der Waals surface area contributed by atoms with Crippen LogP contribution < -0.4 is 4.74 Å². The van der Waals surface area contributed by atoms with Gasteiger partial charge in [0.05, 0.1) is 13.1 Å². The van der Waals surface area contributed by atoms with E-state index in [1.165, 1.54) is 25.0 Å². The van der Waals surface area contributed by atoms with Crippen molar-refractivity contribution in [2.75, 3.05) is 13.1 Å². The molecule has 1 N–H and O–H groups in total. The first-order valence-electron chi connectivity index (χ1n) is 8.00. The zero-order chi connectivity index (χ0) is 15.5. The highest BCUT2D eigenvalue weighted by molar-refractivity contribution is 5.77. The van der Waals surface area contributed by atoms with Crippen LogP contribution in [0.4, 0.5) is 4.39 Å². The lowest BCUT2D eigenvalue weighted by Crippen LogP contribution is -2.32. The molecule has 0 radical (unpaired) electrons. The van der Waals surface area contributed by atoms with E-state index in [4.69, 9.17) is 4.74 Å². The molecule has 1 aliphatic heterocycles. The minimum absolute atomic E-state index is 0.0938. The number of hydrogen-bond acceptors (Lipinski definition) is 3. The van der Waals surface area contributed by atoms with E-state index >= 15 is 0 Å². The van der Waals surface area contributed by atoms with Gasteiger partial charge in [-0.1, -0.05) is 18.9 Å². The molecule has 2 aliphatic rings. The van der Waals surface area contributed by atoms with Gasteiger partial charge in [-0.05, 0) is 30.9 Å². The highest BCUT2D eigenvalue weighted by Crippen LogP contribution is 2.29. The maximum atomic E-state index is 13.2. The average Bonchev–Trinajstić information content (AvgIpc) is 3.10. The number of halogens is 1. The summed E-state index contributed by atoms with van der Waals surface area (Å²) in [5.41, 5.74) is 0. The molecule has 1 saturated carbocycles. The SMILES string of the molecule is O=C(CC1CCCC1)N1C[C@@H](O)[C@H](Oc2cccc(F)c2)C1. The van der Waals surface area contributed by atoms with Gasteiger partial charge in [-0.15, -0.1) is 0 Å². The Bertz CT molecular complexity index is 530. The first-order valence-corrected chi connectivity index (χ1v) is 8.00. The predicted octanol–water partition coefficient (Wildman–Crippen LogP) is 2.36. The first-order chi connectivity index (χ1) is 10.6. The number of likely N-dealkylation sites (tertiary alicyclic amines) is 1. The van der Waals surface area contributed by atoms with Crippen LogP contribution in [0.3, 0.4) is 0 Å². The highest BCUT2D eigenvalue weighted by Gasteiger charge is 2.36. The van der Waals surface area contributed by atoms with Gasteiger partial charge in [0.15, 0.2) is 0 Å². The Morgan fingerprint density at radius 1 is 1.32 bits per heavy atom. The van der Waals surface area contributed by atoms with E-state index in [0.717, 1.165) is 12.8 Å². The number of hydrogen-bond donors (Lipinski definition) is 1. The van der Waals surface area contributed by atoms with Gasteiger partial charge in [0, 0.05) is 12.5 Å². The van der Waals surface area contributed by atoms with Gasteiger partial charge in [0.2, 0.25) is 5.91 Å². The summed E-state index contributed by atoms with van der Waals surface area (Å²) in [4.78, 5) is 14.0. The van der Waals surface area contributed by atoms with Crippen molar-refractivity contribution in [1.29, 1.82) is 0 Å². The fraction of sp³-hybridized carbons (Fsp3) is 0.588. The van der Waals surface area contributed by atoms with Crippen LogP contribution in [0.1, 0.15) is 32.1 Å². The van der Waals surface area contributed by atoms with Crippen LogP contribution in [0.2, 0.25) is 0 Å². The Morgan fingerprint density at radius 3 is 2.82 bits per heavy atom. The molecule has 1 saturated heterocycles. The van der Waals surface area contributed by atoms with Gasteiger partial charge in [0.25, 0.3) is 0 Å². The molecule has 1 aromatic rings. The maximum absolute atomic E-state index is 13.2. The summed E-state index contributed by atoms with van der Waals surface area (Å²) in [5.74, 6) is 0.595. The quantitative estimate of drug-likeness (QED) is 0.929. The Balaban J connectivity index is 1.55. The van der Waals surface area contributed by atoms with Crippen LogP contribution in [0.5, 0.6) is 5.75 Å². The largest absolute Gasteiger partial charge is 0.486 e. The number of benzene rings is 1. The average molecular weight is 307 g/mol. The van der Waals surface area contributed by atoms with Crippen LogP contribution in [-0.4, -0.2) is 41.2 Å². The summed E-state index contributed by atoms with van der Waals surface area (Å²) >= 11 is 0. The molecular formula is C17H22FNO3. The summed E-state index contributed by atoms with van der Waals surface area (Å²) in [6, 6.07) is 5.85. The van der Waals surface area contributed by atoms with Crippen molar-refractivity contribution < 1.29 is 19.0 Å². The van der Waals surface area contributed by atoms with Gasteiger partial charge in [-0.25, -0.2) is 4.39 Å². The summed E-state index contributed by atoms with van der Waals surface area (Å²) < 4.78 is 18.8. The molecule has 4 nitrogen and oxygen atoms in total. The molecule has 0 bridgehead atoms. The monoisotopic (exact) mass is 307 g/mol. The van der Waals surface area contributed by atoms with E-state index < -0.39 is 12.2 Å². The van der Waals surface area contributed by atoms with Crippen LogP contribution >= 0.6 is 0 Å². The molecule has 22 heavy (non-hydrogen) atoms. The standard InChI is InChI=1S/C17H22FNO3/c18-13-6-3-7-14(9-13)22-16-11-19(10-15(16)20)17(21)8-12-4-1-2-5-12/h3,6-7,9,12,15-16,20H,1-2,4-5,8,10-11H2/t15-,16-/m1/s1. The number of carbonyl (C=O) groups is 1. The van der Waals surface area contributed by atoms with E-state index in [0.29, 0.717) is 31.2 Å². The third-order valence-electron chi connectivity index (χ3n) is 4.61. The van der Waals surface area contributed by atoms with Crippen LogP contribution in [-0.2, 0) is 4.79 Å². The fourth-order valence-corrected chi connectivity index (χ4v) is 3.38. The summed E-state index contributed by atoms with van der Waals surface area (Å²) in [7, 11) is 0. The molecule has 120 valence electrons. The molecule has 5 heteroatoms. The molecule has 2 atom stereocenters. The summed E-state index contributed by atoms with van der Waals surface area (Å²) in [5, 5.41) is 10.1. The lowest BCUT2D eigenvalue weighted by Gasteiger charge is -2.18. The molecule has 2 fully saturated rings. The zero-order valence-corrected chi connectivity index (χ0v) is 12.6. The van der Waals surface area contributed by atoms with Crippen molar-refractivity contribution in [2.24, 2.45) is 5.92 Å². The molecule has 1 aromatic carbocycles. The third kappa shape index (κ3) is 3.58. The number of aliphatic hydroxyl groups excluding tert-OH is 1. The number of β-amino-alcohol motifs (C(OH)–C–C–N with tert-alkyl or cyclic N) is 1. The number of ether oxygens (including phenoxy) is 1. The van der Waals surface area contributed by atoms with Crippen molar-refractivity contribution in [2.45, 2.75) is 44.3 Å². The van der Waals surface area contributed by atoms with Gasteiger partial charge in [-0.2, -0.15) is 0 Å². The zero-order valence-electron chi connectivity index (χ0n) is 12.6. The van der Waals surface area contributed by atoms with Crippen molar-refractivity contribution >= 4 is 5.91 Å². The van der Waals surface area contributed by atoms with Crippen molar-refractivity contribution in [3.63, 3.8) is 0 Å². The van der Waals surface area contributed by atoms with Gasteiger partial charge >= 0.3 is 0 Å². The molecule has 0 unspecified atom stereocenters. The molecule has 0 aromatic heterocycles. The molecule has 3 rings (SSSR count). The number of amides is 1. The Hall–Kier alpha value is -1.62. The molecule has 1 aliphatic carbocycles. The van der Waals surface area contributed by atoms with E-state index in [2.05, 4.69) is 0 Å². The molecule has 0 spiro atoms. The van der Waals surface area contributed by atoms with Crippen LogP contribution in [0.25, 0.3) is 0 Å². The minimum Gasteiger partial charge on any atom is -0.486 e. The number of carbonyl (C=O) groups excluding carboxylic acids is 1. The van der Waals surface area contributed by atoms with Gasteiger partial charge in [-0.3, -0.25) is 4.79 Å². The van der Waals surface area contributed by atoms with Crippen LogP contribution in [0, 0.1) is 11.7 Å². The first kappa shape index (κ1) is 15.3. The Morgan fingerprint density at radius 2 is 2.09 bits per heavy atom. The highest BCUT2D eigenvalue weighted by atomic mass is 19.1. The van der Waals surface area contributed by atoms with Crippen molar-refractivity contribution in [1.82, 2.24) is 4.90 Å². The Labute approximate surface area is 129 Å². The number of aliphatic hydroxyl groups is 1. The summed E-state index contributed by atoms with van der Waals surface area (Å²) in [6.07, 6.45) is 4.04. The van der Waals surface area contributed by atoms with Crippen LogP contribution in [0.15, 0.2) is 24.3 Å². The second-order valence-electron chi connectivity index (χ2n) is 6.33. The molecule has 1 amide bonds. The second-order valence-corrected chi connectivity index (χ2v) is 6.33. The van der Waals surface area contributed by atoms with E-state index in [9.17, 15) is 14.3 Å². The van der Waals surface area contributed by atoms with E-state index in [1.807, 2.05) is 0 Å². The molecule has 1 heterocycles. The number of nitrogens with zero attached hydrogens (tertiary/aromatic N) is 1. The molecular weight excluding hydrogens is 285 g/mol. The van der Waals surface area contributed by atoms with E-state index in [-0.39, 0.29) is 11.7 Å².